The Morgan fingerprint density at radius 3 is 2.89 bits per heavy atom. The minimum Gasteiger partial charge on any atom is -0.454 e. The number of morpholine rings is 1. The Balaban J connectivity index is 1.64. The van der Waals surface area contributed by atoms with E-state index in [1.807, 2.05) is 6.92 Å². The van der Waals surface area contributed by atoms with Crippen LogP contribution in [0.3, 0.4) is 0 Å². The highest BCUT2D eigenvalue weighted by molar-refractivity contribution is 5.82. The lowest BCUT2D eigenvalue weighted by Crippen LogP contribution is -2.46. The molecule has 0 N–H and O–H groups in total. The Morgan fingerprint density at radius 1 is 1.41 bits per heavy atom. The van der Waals surface area contributed by atoms with E-state index in [4.69, 9.17) is 13.9 Å². The molecular formula is C16H17N3O8. The smallest absolute Gasteiger partial charge is 0.420 e. The molecule has 144 valence electrons. The van der Waals surface area contributed by atoms with Crippen molar-refractivity contribution in [1.29, 1.82) is 0 Å². The zero-order valence-electron chi connectivity index (χ0n) is 14.5. The van der Waals surface area contributed by atoms with Crippen LogP contribution in [0, 0.1) is 10.1 Å². The second-order valence-corrected chi connectivity index (χ2v) is 6.05. The van der Waals surface area contributed by atoms with Gasteiger partial charge in [-0.25, -0.2) is 4.79 Å². The van der Waals surface area contributed by atoms with Crippen LogP contribution in [-0.2, 0) is 25.6 Å². The number of nitro groups is 1. The summed E-state index contributed by atoms with van der Waals surface area (Å²) in [5.74, 6) is -2.00. The summed E-state index contributed by atoms with van der Waals surface area (Å²) in [6.45, 7) is 2.18. The van der Waals surface area contributed by atoms with Crippen molar-refractivity contribution in [3.63, 3.8) is 0 Å². The fourth-order valence-corrected chi connectivity index (χ4v) is 2.77. The molecule has 1 saturated heterocycles. The first kappa shape index (κ1) is 18.6. The van der Waals surface area contributed by atoms with E-state index < -0.39 is 29.8 Å². The molecule has 11 nitrogen and oxygen atoms in total. The average molecular weight is 379 g/mol. The number of hydrogen-bond donors (Lipinski definition) is 0. The van der Waals surface area contributed by atoms with Crippen molar-refractivity contribution in [3.05, 3.63) is 38.9 Å². The quantitative estimate of drug-likeness (QED) is 0.411. The monoisotopic (exact) mass is 379 g/mol. The highest BCUT2D eigenvalue weighted by Crippen LogP contribution is 2.20. The van der Waals surface area contributed by atoms with Crippen LogP contribution in [0.15, 0.2) is 27.4 Å². The van der Waals surface area contributed by atoms with Gasteiger partial charge in [-0.05, 0) is 13.0 Å². The average Bonchev–Trinajstić information content (AvgIpc) is 2.94. The molecule has 0 saturated carbocycles. The molecule has 0 bridgehead atoms. The van der Waals surface area contributed by atoms with Crippen molar-refractivity contribution in [3.8, 4) is 0 Å². The van der Waals surface area contributed by atoms with Gasteiger partial charge in [0.15, 0.2) is 12.2 Å². The molecule has 2 heterocycles. The fourth-order valence-electron chi connectivity index (χ4n) is 2.77. The number of oxazole rings is 1. The van der Waals surface area contributed by atoms with Crippen LogP contribution >= 0.6 is 0 Å². The number of esters is 1. The Kier molecular flexibility index (Phi) is 5.21. The summed E-state index contributed by atoms with van der Waals surface area (Å²) >= 11 is 0. The van der Waals surface area contributed by atoms with Gasteiger partial charge in [-0.15, -0.1) is 0 Å². The molecule has 1 atom stereocenters. The summed E-state index contributed by atoms with van der Waals surface area (Å²) in [4.78, 5) is 47.7. The van der Waals surface area contributed by atoms with Crippen LogP contribution in [0.2, 0.25) is 0 Å². The Labute approximate surface area is 152 Å². The highest BCUT2D eigenvalue weighted by Gasteiger charge is 2.23. The van der Waals surface area contributed by atoms with E-state index in [9.17, 15) is 24.5 Å². The summed E-state index contributed by atoms with van der Waals surface area (Å²) < 4.78 is 16.2. The van der Waals surface area contributed by atoms with Gasteiger partial charge in [0.25, 0.3) is 11.6 Å². The van der Waals surface area contributed by atoms with Crippen molar-refractivity contribution in [2.24, 2.45) is 0 Å². The number of nitro benzene ring substituents is 1. The zero-order valence-corrected chi connectivity index (χ0v) is 14.5. The van der Waals surface area contributed by atoms with E-state index in [0.29, 0.717) is 19.7 Å². The fraction of sp³-hybridized carbons (Fsp3) is 0.438. The molecule has 1 aromatic carbocycles. The second kappa shape index (κ2) is 7.58. The maximum absolute atomic E-state index is 12.1. The van der Waals surface area contributed by atoms with Crippen molar-refractivity contribution < 1.29 is 28.4 Å². The summed E-state index contributed by atoms with van der Waals surface area (Å²) in [5.41, 5.74) is -0.0347. The number of benzene rings is 1. The number of nitrogens with zero attached hydrogens (tertiary/aromatic N) is 3. The molecule has 1 fully saturated rings. The Morgan fingerprint density at radius 2 is 2.19 bits per heavy atom. The first-order valence-electron chi connectivity index (χ1n) is 8.18. The molecule has 27 heavy (non-hydrogen) atoms. The van der Waals surface area contributed by atoms with Crippen LogP contribution in [0.5, 0.6) is 0 Å². The lowest BCUT2D eigenvalue weighted by molar-refractivity contribution is -0.384. The lowest BCUT2D eigenvalue weighted by Gasteiger charge is -2.30. The van der Waals surface area contributed by atoms with Crippen LogP contribution in [0.1, 0.15) is 6.92 Å². The molecule has 1 unspecified atom stereocenters. The molecule has 1 aromatic heterocycles. The number of ether oxygens (including phenoxy) is 2. The number of hydrogen-bond acceptors (Lipinski definition) is 8. The van der Waals surface area contributed by atoms with Crippen LogP contribution in [-0.4, -0.2) is 58.7 Å². The number of non-ortho nitro benzene ring substituents is 1. The number of amides is 1. The van der Waals surface area contributed by atoms with Crippen LogP contribution < -0.4 is 5.76 Å². The maximum Gasteiger partial charge on any atom is 0.420 e. The third-order valence-electron chi connectivity index (χ3n) is 4.10. The van der Waals surface area contributed by atoms with Gasteiger partial charge in [-0.1, -0.05) is 0 Å². The van der Waals surface area contributed by atoms with Crippen LogP contribution in [0.25, 0.3) is 11.1 Å². The molecule has 0 spiro atoms. The molecule has 0 radical (unpaired) electrons. The van der Waals surface area contributed by atoms with E-state index in [-0.39, 0.29) is 28.8 Å². The number of carbonyl (C=O) groups excluding carboxylic acids is 2. The number of rotatable bonds is 5. The third kappa shape index (κ3) is 4.14. The predicted molar refractivity (Wildman–Crippen MR) is 90.1 cm³/mol. The van der Waals surface area contributed by atoms with Crippen LogP contribution in [0.4, 0.5) is 5.69 Å². The SMILES string of the molecule is CC1CN(C(=O)COC(=O)Cn2c(=O)oc3cc([N+](=O)[O-])ccc32)CCO1. The van der Waals surface area contributed by atoms with Gasteiger partial charge in [-0.2, -0.15) is 0 Å². The molecule has 3 rings (SSSR count). The Bertz CT molecular complexity index is 947. The minimum atomic E-state index is -0.851. The van der Waals surface area contributed by atoms with E-state index in [2.05, 4.69) is 0 Å². The van der Waals surface area contributed by atoms with E-state index in [1.54, 1.807) is 4.90 Å². The van der Waals surface area contributed by atoms with Gasteiger partial charge < -0.3 is 18.8 Å². The molecule has 1 amide bonds. The molecule has 0 aliphatic carbocycles. The van der Waals surface area contributed by atoms with E-state index >= 15 is 0 Å². The van der Waals surface area contributed by atoms with Gasteiger partial charge >= 0.3 is 11.7 Å². The molecular weight excluding hydrogens is 362 g/mol. The van der Waals surface area contributed by atoms with Gasteiger partial charge in [0.05, 0.1) is 29.2 Å². The van der Waals surface area contributed by atoms with Gasteiger partial charge in [0, 0.05) is 19.2 Å². The van der Waals surface area contributed by atoms with Crippen molar-refractivity contribution in [2.45, 2.75) is 19.6 Å². The van der Waals surface area contributed by atoms with E-state index in [1.165, 1.54) is 12.1 Å². The Hall–Kier alpha value is -3.21. The molecule has 1 aliphatic heterocycles. The zero-order chi connectivity index (χ0) is 19.6. The second-order valence-electron chi connectivity index (χ2n) is 6.05. The molecule has 11 heteroatoms. The van der Waals surface area contributed by atoms with Crippen molar-refractivity contribution >= 4 is 28.7 Å². The number of aromatic nitrogens is 1. The lowest BCUT2D eigenvalue weighted by atomic mass is 10.3. The van der Waals surface area contributed by atoms with Crippen molar-refractivity contribution in [2.75, 3.05) is 26.3 Å². The predicted octanol–water partition coefficient (Wildman–Crippen LogP) is 0.293. The highest BCUT2D eigenvalue weighted by atomic mass is 16.6. The standard InChI is InChI=1S/C16H17N3O8/c1-10-7-17(4-5-25-10)14(20)9-26-15(21)8-18-12-3-2-11(19(23)24)6-13(12)27-16(18)22/h2-3,6,10H,4-5,7-9H2,1H3. The maximum atomic E-state index is 12.1. The minimum absolute atomic E-state index is 0.0135. The largest absolute Gasteiger partial charge is 0.454 e. The first-order chi connectivity index (χ1) is 12.8. The summed E-state index contributed by atoms with van der Waals surface area (Å²) in [6, 6.07) is 3.61. The van der Waals surface area contributed by atoms with Crippen molar-refractivity contribution in [1.82, 2.24) is 9.47 Å². The summed E-state index contributed by atoms with van der Waals surface area (Å²) in [5, 5.41) is 10.8. The number of carbonyl (C=O) groups is 2. The van der Waals surface area contributed by atoms with Gasteiger partial charge in [0.2, 0.25) is 0 Å². The summed E-state index contributed by atoms with van der Waals surface area (Å²) in [7, 11) is 0. The first-order valence-corrected chi connectivity index (χ1v) is 8.18. The molecule has 1 aliphatic rings. The summed E-state index contributed by atoms with van der Waals surface area (Å²) in [6.07, 6.45) is -0.0849. The van der Waals surface area contributed by atoms with Gasteiger partial charge in [0.1, 0.15) is 6.54 Å². The third-order valence-corrected chi connectivity index (χ3v) is 4.10. The normalized spacial score (nSPS) is 17.1. The number of fused-ring (bicyclic) bond motifs is 1. The topological polar surface area (TPSA) is 134 Å². The van der Waals surface area contributed by atoms with E-state index in [0.717, 1.165) is 10.6 Å². The molecule has 2 aromatic rings. The van der Waals surface area contributed by atoms with Gasteiger partial charge in [-0.3, -0.25) is 24.3 Å².